The first-order valence-corrected chi connectivity index (χ1v) is 51.8. The Bertz CT molecular complexity index is 5350. The van der Waals surface area contributed by atoms with Crippen molar-refractivity contribution in [1.82, 2.24) is 45.2 Å². The van der Waals surface area contributed by atoms with E-state index in [0.29, 0.717) is 56.6 Å². The summed E-state index contributed by atoms with van der Waals surface area (Å²) < 4.78 is 15.4. The Hall–Kier alpha value is -4.42. The smallest absolute Gasteiger partial charge is 1.00 e. The number of ketones is 1. The van der Waals surface area contributed by atoms with Crippen molar-refractivity contribution in [2.24, 2.45) is 0 Å². The normalized spacial score (nSPS) is 17.4. The number of fused-ring (bicyclic) bond motifs is 10. The van der Waals surface area contributed by atoms with Gasteiger partial charge in [0.2, 0.25) is 0 Å². The number of ether oxygens (including phenoxy) is 1. The number of pyridine rings is 10. The molecule has 3 N–H and O–H groups in total. The molecule has 0 amide bonds. The van der Waals surface area contributed by atoms with Gasteiger partial charge in [0.05, 0.1) is 39.2 Å². The number of hydrogen-bond acceptors (Lipinski definition) is 22. The van der Waals surface area contributed by atoms with Crippen molar-refractivity contribution in [2.45, 2.75) is 306 Å². The number of nitrogens with one attached hydrogen (secondary N) is 1. The maximum atomic E-state index is 11.1. The van der Waals surface area contributed by atoms with Gasteiger partial charge in [-0.15, -0.1) is 0 Å². The van der Waals surface area contributed by atoms with Gasteiger partial charge in [-0.05, 0) is 321 Å². The SMILES string of the molecule is C.C.C.C.CC(=O)OC(C)=O.CC1(C)CCCC(C)(C)N1.CC1CCc2c(Cl)ccnc21.C[C@@H]1CCc2c(Cl)ccnc21.C[C@@H]1CCc2c1ncc(C=O)c2Cl.Clc1ccnc2c1CCC2.O=C1CCc2c(Cl)ccnc21.O=CO[O-].O=P(Cl)(Cl)Cl.OC1CCc2c(Cl)ccnc21.O[C@@H]1CCc2c(Cl)ccnc21.[H-].[K+].[K+].[O-][n+]1ccc(Cl)c2c1CCC2.[O-][n+]1cccc2c1CCC2.c1cnc2c(c1)CCC2. The summed E-state index contributed by atoms with van der Waals surface area (Å²) in [7, 11) is 0. The van der Waals surface area contributed by atoms with Crippen LogP contribution in [0.4, 0.5) is 0 Å². The van der Waals surface area contributed by atoms with Gasteiger partial charge in [0.25, 0.3) is 6.47 Å². The Morgan fingerprint density at radius 1 is 0.450 bits per heavy atom. The van der Waals surface area contributed by atoms with Crippen molar-refractivity contribution in [3.8, 4) is 0 Å². The van der Waals surface area contributed by atoms with Crippen LogP contribution in [0, 0.1) is 10.4 Å². The van der Waals surface area contributed by atoms with E-state index in [-0.39, 0.29) is 146 Å². The van der Waals surface area contributed by atoms with Gasteiger partial charge in [0.1, 0.15) is 5.69 Å². The summed E-state index contributed by atoms with van der Waals surface area (Å²) in [5.41, 5.74) is 22.7. The van der Waals surface area contributed by atoms with Gasteiger partial charge in [-0.2, -0.15) is 9.46 Å². The first-order chi connectivity index (χ1) is 63.6. The second kappa shape index (κ2) is 65.4. The van der Waals surface area contributed by atoms with Crippen molar-refractivity contribution >= 4 is 162 Å². The fourth-order valence-corrected chi connectivity index (χ4v) is 19.4. The molecule has 10 aliphatic carbocycles. The van der Waals surface area contributed by atoms with Gasteiger partial charge in [-0.3, -0.25) is 68.4 Å². The largest absolute Gasteiger partial charge is 1.00 e. The fourth-order valence-electron chi connectivity index (χ4n) is 17.4. The van der Waals surface area contributed by atoms with E-state index in [1.54, 1.807) is 73.8 Å². The van der Waals surface area contributed by atoms with Crippen LogP contribution in [0.1, 0.15) is 335 Å². The molecule has 0 spiro atoms. The molecule has 24 nitrogen and oxygen atoms in total. The molecule has 11 aliphatic rings. The second-order valence-corrected chi connectivity index (χ2v) is 44.4. The van der Waals surface area contributed by atoms with E-state index in [1.165, 1.54) is 128 Å². The van der Waals surface area contributed by atoms with Crippen molar-refractivity contribution in [2.75, 3.05) is 0 Å². The van der Waals surface area contributed by atoms with Gasteiger partial charge < -0.3 is 42.3 Å². The Balaban J connectivity index is 0.000000761. The van der Waals surface area contributed by atoms with Crippen LogP contribution in [-0.2, 0) is 118 Å². The predicted octanol–water partition coefficient (Wildman–Crippen LogP) is 19.8. The molecule has 1 fully saturated rings. The van der Waals surface area contributed by atoms with Gasteiger partial charge in [0, 0.05) is 181 Å². The summed E-state index contributed by atoms with van der Waals surface area (Å²) >= 11 is 61.3. The van der Waals surface area contributed by atoms with E-state index in [4.69, 9.17) is 103 Å². The van der Waals surface area contributed by atoms with Crippen LogP contribution in [0.15, 0.2) is 129 Å². The van der Waals surface area contributed by atoms with Gasteiger partial charge in [-0.1, -0.05) is 149 Å². The summed E-state index contributed by atoms with van der Waals surface area (Å²) in [4.78, 5) is 86.0. The molecule has 38 heteroatoms. The molecule has 1 saturated heterocycles. The van der Waals surface area contributed by atoms with Gasteiger partial charge in [-0.25, -0.2) is 0 Å². The van der Waals surface area contributed by atoms with Gasteiger partial charge in [0.15, 0.2) is 35.9 Å². The number of rotatable bonds is 2. The summed E-state index contributed by atoms with van der Waals surface area (Å²) in [6.45, 7) is 17.9. The summed E-state index contributed by atoms with van der Waals surface area (Å²) in [5, 5.41) is 55.9. The summed E-state index contributed by atoms with van der Waals surface area (Å²) in [6, 6.07) is 20.6. The third-order valence-corrected chi connectivity index (χ3v) is 26.6. The van der Waals surface area contributed by atoms with Crippen molar-refractivity contribution in [3.63, 3.8) is 0 Å². The third kappa shape index (κ3) is 41.6. The number of carbonyl (C=O) groups is 5. The number of aliphatic hydroxyl groups is 2. The molecule has 1 aliphatic heterocycles. The number of nitrogens with zero attached hydrogens (tertiary/aromatic N) is 10. The minimum Gasteiger partial charge on any atom is -1.00 e. The van der Waals surface area contributed by atoms with Crippen LogP contribution >= 0.6 is 132 Å². The molecule has 140 heavy (non-hydrogen) atoms. The predicted molar refractivity (Wildman–Crippen MR) is 556 cm³/mol. The Labute approximate surface area is 966 Å². The number of esters is 2. The molecule has 2 unspecified atom stereocenters. The fraction of sp³-hybridized carbons (Fsp3) is 0.461. The summed E-state index contributed by atoms with van der Waals surface area (Å²) in [5.74, 6) is 0.670. The van der Waals surface area contributed by atoms with Gasteiger partial charge >= 0.3 is 120 Å². The minimum absolute atomic E-state index is 0. The van der Waals surface area contributed by atoms with Crippen LogP contribution in [0.5, 0.6) is 0 Å². The molecule has 0 saturated carbocycles. The number of aliphatic hydroxyl groups excluding tert-OH is 2. The van der Waals surface area contributed by atoms with Crippen molar-refractivity contribution in [3.05, 3.63) is 297 Å². The standard InChI is InChI=1S/C10H10ClNO.2C9H10ClN.C9H19N.2C8H8ClNO.C8H6ClNO.C8H8ClNO.C8H8ClN.C8H9NO.C8H9N.C4H6O3.CH2O3.4CH4.Cl3OP.2K.H/c1-6-2-3-8-9(11)7(5-13)4-12-10(6)8;2*1-6-2-3-7-8(10)4-5-11-9(6)7;1-8(2)6-5-7-9(3,4)10-8;3*9-6-3-4-10-8-5(6)1-2-7(8)11;9-7-4-5-10(11)8-3-1-2-6(7)8;9-7-4-5-10-8-3-1-2-6(7)8;10-9-6-2-4-7-3-1-5-8(7)9;1-3-7-4-2-6-9-8(7)5-1;1-3(5)7-4(2)6;2-1-4-3;;;;;1-5(2,3)4;;;/h4-6H,2-3H2,1H3;2*4-6H,2-3H2,1H3;10H,5-7H2,1-4H3;2*3-4,7,11H,1-2H2;3-4H,1-2H2;4-5H,1-3H2;4-5H,1-3H2;2,4,6H,1,3,5H2;2,4,6H,1,3,5H2;1-2H3;1,3H;4*1H4;;;;/q;;;;;;;;;;;;;;;;;;2*+1;-1/p-1/t2*6-;;;7-;;;;;;;;;;;;;;;;/m11..1................/s1. The number of carbonyl (C=O) groups excluding carboxylic acids is 5. The Morgan fingerprint density at radius 3 is 1.26 bits per heavy atom. The van der Waals surface area contributed by atoms with E-state index in [0.717, 1.165) is 211 Å². The molecule has 10 aromatic rings. The first kappa shape index (κ1) is 132. The molecular weight excluding hydrogens is 2090 g/mol. The maximum absolute atomic E-state index is 11.1. The molecule has 5 atom stereocenters. The molecule has 0 radical (unpaired) electrons. The van der Waals surface area contributed by atoms with E-state index >= 15 is 0 Å². The van der Waals surface area contributed by atoms with Crippen LogP contribution in [-0.4, -0.2) is 91.6 Å². The van der Waals surface area contributed by atoms with Crippen molar-refractivity contribution < 1.29 is 167 Å². The zero-order valence-electron chi connectivity index (χ0n) is 79.2. The Morgan fingerprint density at radius 2 is 0.829 bits per heavy atom. The van der Waals surface area contributed by atoms with Crippen LogP contribution in [0.2, 0.25) is 40.2 Å². The van der Waals surface area contributed by atoms with Crippen LogP contribution in [0.25, 0.3) is 0 Å². The number of halogens is 11. The van der Waals surface area contributed by atoms with E-state index in [1.807, 2.05) is 42.6 Å². The molecule has 21 rings (SSSR count). The van der Waals surface area contributed by atoms with E-state index in [9.17, 15) is 44.4 Å². The van der Waals surface area contributed by atoms with E-state index < -0.39 is 29.3 Å². The number of aldehydes is 1. The quantitative estimate of drug-likeness (QED) is 0.0166. The Kier molecular flexibility index (Phi) is 61.5. The number of hydrogen-bond donors (Lipinski definition) is 3. The average molecular weight is 2220 g/mol. The second-order valence-electron chi connectivity index (χ2n) is 34.5. The molecule has 10 aromatic heterocycles. The minimum atomic E-state index is -3.22. The molecule has 754 valence electrons. The third-order valence-electron chi connectivity index (χ3n) is 23.6. The molecular formula is C102H129Cl11K2N11O13P. The monoisotopic (exact) mass is 2210 g/mol. The zero-order valence-corrected chi connectivity index (χ0v) is 93.7. The number of Topliss-reactive ketones (excluding diaryl/α,β-unsaturated/α-hetero) is 1. The topological polar surface area (TPSA) is 353 Å². The molecule has 0 bridgehead atoms. The number of piperidine rings is 1. The number of aryl methyl sites for hydroxylation is 4. The summed E-state index contributed by atoms with van der Waals surface area (Å²) in [6.07, 6.45) is 45.1. The number of aromatic nitrogens is 10. The van der Waals surface area contributed by atoms with Crippen LogP contribution in [0.3, 0.4) is 0 Å². The maximum Gasteiger partial charge on any atom is 1.00 e. The first-order valence-electron chi connectivity index (χ1n) is 44.4. The molecule has 0 aromatic carbocycles. The van der Waals surface area contributed by atoms with E-state index in [2.05, 4.69) is 143 Å². The van der Waals surface area contributed by atoms with Crippen LogP contribution < -0.4 is 123 Å². The molecule has 11 heterocycles. The van der Waals surface area contributed by atoms with Crippen molar-refractivity contribution in [1.29, 1.82) is 0 Å². The zero-order chi connectivity index (χ0) is 98.2. The average Bonchev–Trinajstić information content (AvgIpc) is 1.65.